The third-order valence-electron chi connectivity index (χ3n) is 5.11. The van der Waals surface area contributed by atoms with Crippen molar-refractivity contribution in [1.29, 1.82) is 0 Å². The first-order valence-electron chi connectivity index (χ1n) is 10.1. The van der Waals surface area contributed by atoms with Gasteiger partial charge in [0.05, 0.1) is 16.1 Å². The van der Waals surface area contributed by atoms with E-state index in [0.29, 0.717) is 11.4 Å². The first-order valence-corrected chi connectivity index (χ1v) is 11.5. The van der Waals surface area contributed by atoms with Crippen LogP contribution in [0.1, 0.15) is 30.1 Å². The number of anilines is 2. The highest BCUT2D eigenvalue weighted by molar-refractivity contribution is 7.89. The van der Waals surface area contributed by atoms with Crippen LogP contribution in [0.4, 0.5) is 11.4 Å². The molecule has 0 aliphatic carbocycles. The normalized spacial score (nSPS) is 15.0. The van der Waals surface area contributed by atoms with Gasteiger partial charge in [-0.05, 0) is 50.1 Å². The molecular formula is C22H27N3O5S. The molecule has 31 heavy (non-hydrogen) atoms. The van der Waals surface area contributed by atoms with Gasteiger partial charge in [0.1, 0.15) is 0 Å². The zero-order chi connectivity index (χ0) is 22.6. The van der Waals surface area contributed by atoms with Crippen LogP contribution in [0.25, 0.3) is 0 Å². The quantitative estimate of drug-likeness (QED) is 0.659. The summed E-state index contributed by atoms with van der Waals surface area (Å²) in [5.41, 5.74) is 1.33. The highest BCUT2D eigenvalue weighted by Gasteiger charge is 2.27. The van der Waals surface area contributed by atoms with Crippen molar-refractivity contribution < 1.29 is 22.7 Å². The molecule has 1 atom stereocenters. The number of ether oxygens (including phenoxy) is 1. The highest BCUT2D eigenvalue weighted by Crippen LogP contribution is 2.29. The Labute approximate surface area is 182 Å². The van der Waals surface area contributed by atoms with Crippen LogP contribution in [0.15, 0.2) is 53.4 Å². The van der Waals surface area contributed by atoms with Gasteiger partial charge in [-0.15, -0.1) is 0 Å². The van der Waals surface area contributed by atoms with Crippen molar-refractivity contribution in [3.05, 3.63) is 54.1 Å². The summed E-state index contributed by atoms with van der Waals surface area (Å²) in [6.07, 6.45) is 0.915. The second-order valence-corrected chi connectivity index (χ2v) is 9.72. The van der Waals surface area contributed by atoms with Crippen LogP contribution >= 0.6 is 0 Å². The standard InChI is InChI=1S/C22H27N3O5S/c1-16(21(26)23-17-9-5-4-6-10-17)30-22(27)19-15-18(31(28,29)24(2)3)11-12-20(19)25-13-7-8-14-25/h4-6,9-12,15-16H,7-8,13-14H2,1-3H3,(H,23,26). The lowest BCUT2D eigenvalue weighted by molar-refractivity contribution is -0.123. The molecule has 2 aromatic rings. The minimum atomic E-state index is -3.73. The SMILES string of the molecule is CC(OC(=O)c1cc(S(=O)(=O)N(C)C)ccc1N1CCCC1)C(=O)Nc1ccccc1. The Kier molecular flexibility index (Phi) is 6.97. The number of benzene rings is 2. The maximum Gasteiger partial charge on any atom is 0.341 e. The molecule has 1 N–H and O–H groups in total. The molecule has 1 aliphatic heterocycles. The van der Waals surface area contributed by atoms with Gasteiger partial charge >= 0.3 is 5.97 Å². The van der Waals surface area contributed by atoms with E-state index in [4.69, 9.17) is 4.74 Å². The minimum Gasteiger partial charge on any atom is -0.449 e. The van der Waals surface area contributed by atoms with Gasteiger partial charge in [0.2, 0.25) is 10.0 Å². The Balaban J connectivity index is 1.85. The van der Waals surface area contributed by atoms with Crippen LogP contribution in [0.3, 0.4) is 0 Å². The molecule has 8 nitrogen and oxygen atoms in total. The first-order chi connectivity index (χ1) is 14.7. The Morgan fingerprint density at radius 3 is 2.32 bits per heavy atom. The average Bonchev–Trinajstić information content (AvgIpc) is 3.28. The zero-order valence-corrected chi connectivity index (χ0v) is 18.7. The van der Waals surface area contributed by atoms with Crippen molar-refractivity contribution in [2.45, 2.75) is 30.8 Å². The predicted octanol–water partition coefficient (Wildman–Crippen LogP) is 2.72. The summed E-state index contributed by atoms with van der Waals surface area (Å²) >= 11 is 0. The lowest BCUT2D eigenvalue weighted by Gasteiger charge is -2.23. The van der Waals surface area contributed by atoms with E-state index in [9.17, 15) is 18.0 Å². The summed E-state index contributed by atoms with van der Waals surface area (Å²) in [7, 11) is -0.874. The molecule has 1 heterocycles. The molecule has 1 aliphatic rings. The number of sulfonamides is 1. The van der Waals surface area contributed by atoms with Crippen LogP contribution in [-0.4, -0.2) is 57.9 Å². The van der Waals surface area contributed by atoms with Crippen LogP contribution in [-0.2, 0) is 19.6 Å². The van der Waals surface area contributed by atoms with Gasteiger partial charge in [-0.2, -0.15) is 0 Å². The van der Waals surface area contributed by atoms with Gasteiger partial charge in [-0.3, -0.25) is 4.79 Å². The molecule has 166 valence electrons. The lowest BCUT2D eigenvalue weighted by atomic mass is 10.1. The molecule has 0 aromatic heterocycles. The Bertz CT molecular complexity index is 1050. The molecule has 1 fully saturated rings. The average molecular weight is 446 g/mol. The molecule has 0 spiro atoms. The van der Waals surface area contributed by atoms with E-state index in [-0.39, 0.29) is 10.5 Å². The Hall–Kier alpha value is -2.91. The Morgan fingerprint density at radius 1 is 1.06 bits per heavy atom. The van der Waals surface area contributed by atoms with Gasteiger partial charge in [-0.25, -0.2) is 17.5 Å². The monoisotopic (exact) mass is 445 g/mol. The van der Waals surface area contributed by atoms with Crippen molar-refractivity contribution in [1.82, 2.24) is 4.31 Å². The molecule has 2 aromatic carbocycles. The third kappa shape index (κ3) is 5.23. The van der Waals surface area contributed by atoms with E-state index in [1.807, 2.05) is 11.0 Å². The number of amides is 1. The smallest absolute Gasteiger partial charge is 0.341 e. The number of para-hydroxylation sites is 1. The molecule has 9 heteroatoms. The van der Waals surface area contributed by atoms with Crippen LogP contribution in [0.5, 0.6) is 0 Å². The van der Waals surface area contributed by atoms with Gasteiger partial charge < -0.3 is 15.0 Å². The van der Waals surface area contributed by atoms with E-state index in [0.717, 1.165) is 30.2 Å². The Morgan fingerprint density at radius 2 is 1.71 bits per heavy atom. The van der Waals surface area contributed by atoms with Gasteiger partial charge in [0.15, 0.2) is 6.10 Å². The number of hydrogen-bond acceptors (Lipinski definition) is 6. The van der Waals surface area contributed by atoms with E-state index in [2.05, 4.69) is 5.32 Å². The summed E-state index contributed by atoms with van der Waals surface area (Å²) in [6.45, 7) is 3.01. The lowest BCUT2D eigenvalue weighted by Crippen LogP contribution is -2.31. The van der Waals surface area contributed by atoms with Crippen molar-refractivity contribution in [3.8, 4) is 0 Å². The molecule has 1 unspecified atom stereocenters. The van der Waals surface area contributed by atoms with Crippen LogP contribution < -0.4 is 10.2 Å². The largest absolute Gasteiger partial charge is 0.449 e. The fourth-order valence-electron chi connectivity index (χ4n) is 3.33. The topological polar surface area (TPSA) is 96.0 Å². The zero-order valence-electron chi connectivity index (χ0n) is 17.9. The number of carbonyl (C=O) groups is 2. The second-order valence-electron chi connectivity index (χ2n) is 7.56. The van der Waals surface area contributed by atoms with Crippen molar-refractivity contribution in [2.24, 2.45) is 0 Å². The molecule has 0 radical (unpaired) electrons. The van der Waals surface area contributed by atoms with Crippen molar-refractivity contribution in [3.63, 3.8) is 0 Å². The second kappa shape index (κ2) is 9.49. The van der Waals surface area contributed by atoms with E-state index in [1.165, 1.54) is 33.2 Å². The number of carbonyl (C=O) groups excluding carboxylic acids is 2. The molecular weight excluding hydrogens is 418 g/mol. The predicted molar refractivity (Wildman–Crippen MR) is 119 cm³/mol. The first kappa shape index (κ1) is 22.8. The van der Waals surface area contributed by atoms with Crippen molar-refractivity contribution >= 4 is 33.3 Å². The van der Waals surface area contributed by atoms with Crippen molar-refractivity contribution in [2.75, 3.05) is 37.4 Å². The summed E-state index contributed by atoms with van der Waals surface area (Å²) in [6, 6.07) is 13.3. The van der Waals surface area contributed by atoms with Gasteiger partial charge in [-0.1, -0.05) is 18.2 Å². The van der Waals surface area contributed by atoms with Gasteiger partial charge in [0.25, 0.3) is 5.91 Å². The summed E-state index contributed by atoms with van der Waals surface area (Å²) < 4.78 is 31.6. The number of rotatable bonds is 7. The van der Waals surface area contributed by atoms with Crippen LogP contribution in [0, 0.1) is 0 Å². The van der Waals surface area contributed by atoms with E-state index >= 15 is 0 Å². The van der Waals surface area contributed by atoms with Crippen LogP contribution in [0.2, 0.25) is 0 Å². The van der Waals surface area contributed by atoms with E-state index < -0.39 is 28.0 Å². The number of nitrogens with zero attached hydrogens (tertiary/aromatic N) is 2. The number of esters is 1. The summed E-state index contributed by atoms with van der Waals surface area (Å²) in [4.78, 5) is 27.5. The fraction of sp³-hybridized carbons (Fsp3) is 0.364. The fourth-order valence-corrected chi connectivity index (χ4v) is 4.26. The molecule has 1 saturated heterocycles. The van der Waals surface area contributed by atoms with Gasteiger partial charge in [0, 0.05) is 32.9 Å². The molecule has 1 amide bonds. The minimum absolute atomic E-state index is 0.00575. The highest BCUT2D eigenvalue weighted by atomic mass is 32.2. The summed E-state index contributed by atoms with van der Waals surface area (Å²) in [5, 5.41) is 2.69. The third-order valence-corrected chi connectivity index (χ3v) is 6.92. The maximum absolute atomic E-state index is 13.0. The molecule has 3 rings (SSSR count). The van der Waals surface area contributed by atoms with E-state index in [1.54, 1.807) is 30.3 Å². The molecule has 0 bridgehead atoms. The molecule has 0 saturated carbocycles. The number of nitrogens with one attached hydrogen (secondary N) is 1. The summed E-state index contributed by atoms with van der Waals surface area (Å²) in [5.74, 6) is -1.22. The maximum atomic E-state index is 13.0. The number of hydrogen-bond donors (Lipinski definition) is 1.